The molecule has 20 heavy (non-hydrogen) atoms. The molecule has 3 rings (SSSR count). The fraction of sp³-hybridized carbons (Fsp3) is 0.929. The highest BCUT2D eigenvalue weighted by Gasteiger charge is 2.71. The van der Waals surface area contributed by atoms with Crippen LogP contribution >= 0.6 is 0 Å². The van der Waals surface area contributed by atoms with Gasteiger partial charge < -0.3 is 24.1 Å². The van der Waals surface area contributed by atoms with Crippen LogP contribution in [0.2, 0.25) is 0 Å². The van der Waals surface area contributed by atoms with Gasteiger partial charge in [0.15, 0.2) is 12.1 Å². The van der Waals surface area contributed by atoms with Crippen LogP contribution in [0.5, 0.6) is 0 Å². The lowest BCUT2D eigenvalue weighted by Crippen LogP contribution is -2.40. The van der Waals surface area contributed by atoms with Crippen molar-refractivity contribution in [2.45, 2.75) is 31.3 Å². The Hall–Kier alpha value is -0.690. The van der Waals surface area contributed by atoms with Crippen LogP contribution < -0.4 is 0 Å². The van der Waals surface area contributed by atoms with Crippen LogP contribution in [0.4, 0.5) is 0 Å². The van der Waals surface area contributed by atoms with E-state index in [-0.39, 0.29) is 23.7 Å². The lowest BCUT2D eigenvalue weighted by atomic mass is 9.73. The molecule has 0 bridgehead atoms. The molecule has 1 saturated heterocycles. The van der Waals surface area contributed by atoms with E-state index in [4.69, 9.17) is 18.9 Å². The summed E-state index contributed by atoms with van der Waals surface area (Å²) in [6.07, 6.45) is 1.06. The third-order valence-electron chi connectivity index (χ3n) is 5.75. The molecule has 5 atom stereocenters. The zero-order chi connectivity index (χ0) is 14.5. The van der Waals surface area contributed by atoms with Gasteiger partial charge in [-0.3, -0.25) is 4.79 Å². The van der Waals surface area contributed by atoms with E-state index >= 15 is 0 Å². The zero-order valence-electron chi connectivity index (χ0n) is 12.1. The molecule has 0 aromatic heterocycles. The number of rotatable bonds is 3. The van der Waals surface area contributed by atoms with Gasteiger partial charge in [-0.25, -0.2) is 0 Å². The van der Waals surface area contributed by atoms with E-state index in [0.29, 0.717) is 25.9 Å². The SMILES string of the molecule is COC(=O)[C@H]1C[C@@H]2CC(OC)(OC)C[C@@]23[C@@H](O)OC[C@@H]13. The average molecular weight is 286 g/mol. The van der Waals surface area contributed by atoms with Gasteiger partial charge in [0, 0.05) is 38.4 Å². The van der Waals surface area contributed by atoms with Crippen molar-refractivity contribution in [3.63, 3.8) is 0 Å². The molecule has 0 radical (unpaired) electrons. The molecule has 1 heterocycles. The Kier molecular flexibility index (Phi) is 3.32. The minimum Gasteiger partial charge on any atom is -0.469 e. The highest BCUT2D eigenvalue weighted by atomic mass is 16.7. The Balaban J connectivity index is 1.94. The standard InChI is InChI=1S/C14H22O6/c1-17-11(15)9-4-8-5-13(18-2,19-3)7-14(8)10(9)6-20-12(14)16/h8-10,12,16H,4-7H2,1-3H3/t8-,9+,10+,12+,14-/m1/s1. The first-order valence-corrected chi connectivity index (χ1v) is 7.01. The number of esters is 1. The van der Waals surface area contributed by atoms with Crippen LogP contribution in [0.3, 0.4) is 0 Å². The monoisotopic (exact) mass is 286 g/mol. The summed E-state index contributed by atoms with van der Waals surface area (Å²) in [7, 11) is 4.65. The first-order valence-electron chi connectivity index (χ1n) is 7.01. The van der Waals surface area contributed by atoms with Gasteiger partial charge in [0.05, 0.1) is 19.6 Å². The number of hydrogen-bond acceptors (Lipinski definition) is 6. The summed E-state index contributed by atoms with van der Waals surface area (Å²) < 4.78 is 21.5. The Bertz CT molecular complexity index is 406. The van der Waals surface area contributed by atoms with E-state index in [9.17, 15) is 9.90 Å². The molecule has 2 aliphatic carbocycles. The molecule has 6 nitrogen and oxygen atoms in total. The number of carbonyl (C=O) groups excluding carboxylic acids is 1. The van der Waals surface area contributed by atoms with Crippen molar-refractivity contribution in [1.82, 2.24) is 0 Å². The van der Waals surface area contributed by atoms with Crippen molar-refractivity contribution >= 4 is 5.97 Å². The summed E-state index contributed by atoms with van der Waals surface area (Å²) in [5.41, 5.74) is -0.453. The molecule has 114 valence electrons. The van der Waals surface area contributed by atoms with Crippen molar-refractivity contribution in [3.8, 4) is 0 Å². The van der Waals surface area contributed by atoms with Gasteiger partial charge >= 0.3 is 5.97 Å². The first kappa shape index (κ1) is 14.3. The summed E-state index contributed by atoms with van der Waals surface area (Å²) in [6.45, 7) is 0.390. The molecular weight excluding hydrogens is 264 g/mol. The molecule has 3 aliphatic rings. The Morgan fingerprint density at radius 3 is 2.60 bits per heavy atom. The third-order valence-corrected chi connectivity index (χ3v) is 5.75. The minimum atomic E-state index is -0.862. The number of aliphatic hydroxyl groups is 1. The van der Waals surface area contributed by atoms with Gasteiger partial charge in [0.25, 0.3) is 0 Å². The van der Waals surface area contributed by atoms with Gasteiger partial charge in [-0.2, -0.15) is 0 Å². The van der Waals surface area contributed by atoms with Crippen molar-refractivity contribution in [1.29, 1.82) is 0 Å². The van der Waals surface area contributed by atoms with Crippen LogP contribution in [0, 0.1) is 23.2 Å². The molecule has 2 saturated carbocycles. The normalized spacial score (nSPS) is 45.2. The second kappa shape index (κ2) is 4.66. The summed E-state index contributed by atoms with van der Waals surface area (Å²) in [6, 6.07) is 0. The lowest BCUT2D eigenvalue weighted by molar-refractivity contribution is -0.216. The molecule has 1 N–H and O–H groups in total. The summed E-state index contributed by atoms with van der Waals surface area (Å²) in [5, 5.41) is 10.4. The third kappa shape index (κ3) is 1.62. The zero-order valence-corrected chi connectivity index (χ0v) is 12.1. The number of methoxy groups -OCH3 is 3. The van der Waals surface area contributed by atoms with E-state index in [1.165, 1.54) is 7.11 Å². The van der Waals surface area contributed by atoms with Gasteiger partial charge in [0.1, 0.15) is 0 Å². The fourth-order valence-electron chi connectivity index (χ4n) is 4.73. The smallest absolute Gasteiger partial charge is 0.309 e. The molecule has 3 fully saturated rings. The molecule has 1 spiro atoms. The van der Waals surface area contributed by atoms with E-state index in [2.05, 4.69) is 0 Å². The highest BCUT2D eigenvalue weighted by Crippen LogP contribution is 2.67. The second-order valence-electron chi connectivity index (χ2n) is 6.17. The summed E-state index contributed by atoms with van der Waals surface area (Å²) in [5.74, 6) is -0.967. The predicted octanol–water partition coefficient (Wildman–Crippen LogP) is 0.530. The van der Waals surface area contributed by atoms with E-state index < -0.39 is 17.5 Å². The van der Waals surface area contributed by atoms with Crippen molar-refractivity contribution in [3.05, 3.63) is 0 Å². The fourth-order valence-corrected chi connectivity index (χ4v) is 4.73. The van der Waals surface area contributed by atoms with Crippen LogP contribution in [0.1, 0.15) is 19.3 Å². The Morgan fingerprint density at radius 1 is 1.30 bits per heavy atom. The van der Waals surface area contributed by atoms with Gasteiger partial charge in [0.2, 0.25) is 0 Å². The number of hydrogen-bond donors (Lipinski definition) is 1. The second-order valence-corrected chi connectivity index (χ2v) is 6.17. The van der Waals surface area contributed by atoms with Crippen LogP contribution in [-0.4, -0.2) is 51.1 Å². The molecule has 0 aromatic carbocycles. The van der Waals surface area contributed by atoms with E-state index in [1.807, 2.05) is 0 Å². The number of ether oxygens (including phenoxy) is 4. The van der Waals surface area contributed by atoms with Crippen molar-refractivity contribution < 1.29 is 28.8 Å². The Labute approximate surface area is 118 Å². The number of carbonyl (C=O) groups is 1. The molecule has 6 heteroatoms. The molecule has 1 aliphatic heterocycles. The maximum absolute atomic E-state index is 12.0. The molecule has 0 unspecified atom stereocenters. The van der Waals surface area contributed by atoms with Gasteiger partial charge in [-0.15, -0.1) is 0 Å². The highest BCUT2D eigenvalue weighted by molar-refractivity contribution is 5.73. The van der Waals surface area contributed by atoms with Crippen LogP contribution in [0.25, 0.3) is 0 Å². The first-order chi connectivity index (χ1) is 9.53. The predicted molar refractivity (Wildman–Crippen MR) is 67.5 cm³/mol. The molecular formula is C14H22O6. The largest absolute Gasteiger partial charge is 0.469 e. The van der Waals surface area contributed by atoms with Gasteiger partial charge in [-0.1, -0.05) is 0 Å². The van der Waals surface area contributed by atoms with Crippen molar-refractivity contribution in [2.75, 3.05) is 27.9 Å². The molecule has 0 aromatic rings. The lowest BCUT2D eigenvalue weighted by Gasteiger charge is -2.34. The maximum atomic E-state index is 12.0. The topological polar surface area (TPSA) is 74.2 Å². The van der Waals surface area contributed by atoms with E-state index in [0.717, 1.165) is 0 Å². The van der Waals surface area contributed by atoms with Crippen molar-refractivity contribution in [2.24, 2.45) is 23.2 Å². The number of aliphatic hydroxyl groups excluding tert-OH is 1. The summed E-state index contributed by atoms with van der Waals surface area (Å²) in [4.78, 5) is 12.0. The average Bonchev–Trinajstić information content (AvgIpc) is 3.05. The van der Waals surface area contributed by atoms with E-state index in [1.54, 1.807) is 14.2 Å². The van der Waals surface area contributed by atoms with Gasteiger partial charge in [-0.05, 0) is 12.3 Å². The quantitative estimate of drug-likeness (QED) is 0.602. The molecule has 0 amide bonds. The van der Waals surface area contributed by atoms with Crippen LogP contribution in [0.15, 0.2) is 0 Å². The maximum Gasteiger partial charge on any atom is 0.309 e. The minimum absolute atomic E-state index is 0.0258. The summed E-state index contributed by atoms with van der Waals surface area (Å²) >= 11 is 0. The Morgan fingerprint density at radius 2 is 2.00 bits per heavy atom. The van der Waals surface area contributed by atoms with Crippen LogP contribution in [-0.2, 0) is 23.7 Å².